The first-order chi connectivity index (χ1) is 16.3. The fraction of sp³-hybridized carbons (Fsp3) is 0.250. The number of anilines is 1. The predicted octanol–water partition coefficient (Wildman–Crippen LogP) is 2.60. The van der Waals surface area contributed by atoms with E-state index in [1.807, 2.05) is 35.2 Å². The van der Waals surface area contributed by atoms with Crippen LogP contribution in [0.3, 0.4) is 0 Å². The van der Waals surface area contributed by atoms with Crippen LogP contribution >= 0.6 is 0 Å². The number of hydrogen-bond donors (Lipinski definition) is 1. The first-order valence-corrected chi connectivity index (χ1v) is 12.2. The van der Waals surface area contributed by atoms with Crippen molar-refractivity contribution >= 4 is 27.6 Å². The van der Waals surface area contributed by atoms with Crippen molar-refractivity contribution < 1.29 is 27.5 Å². The lowest BCUT2D eigenvalue weighted by molar-refractivity contribution is -0.119. The zero-order valence-corrected chi connectivity index (χ0v) is 19.5. The van der Waals surface area contributed by atoms with E-state index in [1.165, 1.54) is 10.4 Å². The first kappa shape index (κ1) is 23.7. The van der Waals surface area contributed by atoms with Gasteiger partial charge in [-0.25, -0.2) is 13.2 Å². The van der Waals surface area contributed by atoms with Crippen molar-refractivity contribution in [1.82, 2.24) is 8.87 Å². The molecule has 1 amide bonds. The van der Waals surface area contributed by atoms with Crippen molar-refractivity contribution in [3.63, 3.8) is 0 Å². The van der Waals surface area contributed by atoms with Crippen LogP contribution in [0, 0.1) is 6.92 Å². The molecule has 4 rings (SSSR count). The van der Waals surface area contributed by atoms with Gasteiger partial charge in [-0.15, -0.1) is 0 Å². The lowest BCUT2D eigenvalue weighted by Gasteiger charge is -2.26. The van der Waals surface area contributed by atoms with E-state index in [1.54, 1.807) is 37.3 Å². The smallest absolute Gasteiger partial charge is 0.338 e. The van der Waals surface area contributed by atoms with Crippen molar-refractivity contribution in [3.8, 4) is 5.69 Å². The third kappa shape index (κ3) is 5.36. The number of ether oxygens (including phenoxy) is 2. The van der Waals surface area contributed by atoms with Crippen LogP contribution in [0.1, 0.15) is 15.9 Å². The molecular formula is C24H25N3O6S. The molecule has 1 fully saturated rings. The molecule has 178 valence electrons. The van der Waals surface area contributed by atoms with Gasteiger partial charge in [0.2, 0.25) is 10.0 Å². The van der Waals surface area contributed by atoms with Gasteiger partial charge in [0.15, 0.2) is 6.61 Å². The summed E-state index contributed by atoms with van der Waals surface area (Å²) in [5.74, 6) is -1.21. The number of nitrogens with one attached hydrogen (secondary N) is 1. The summed E-state index contributed by atoms with van der Waals surface area (Å²) in [7, 11) is -3.72. The first-order valence-electron chi connectivity index (χ1n) is 10.7. The number of hydrogen-bond acceptors (Lipinski definition) is 6. The second-order valence-electron chi connectivity index (χ2n) is 7.76. The second kappa shape index (κ2) is 10.2. The van der Waals surface area contributed by atoms with Crippen molar-refractivity contribution in [1.29, 1.82) is 0 Å². The van der Waals surface area contributed by atoms with Crippen LogP contribution in [0.2, 0.25) is 0 Å². The largest absolute Gasteiger partial charge is 0.452 e. The third-order valence-electron chi connectivity index (χ3n) is 5.38. The van der Waals surface area contributed by atoms with Crippen LogP contribution < -0.4 is 5.32 Å². The molecule has 2 aromatic carbocycles. The number of aromatic nitrogens is 1. The summed E-state index contributed by atoms with van der Waals surface area (Å²) in [6, 6.07) is 15.3. The molecule has 1 aromatic heterocycles. The van der Waals surface area contributed by atoms with Crippen molar-refractivity contribution in [2.75, 3.05) is 38.2 Å². The highest BCUT2D eigenvalue weighted by atomic mass is 32.2. The van der Waals surface area contributed by atoms with Gasteiger partial charge in [-0.05, 0) is 55.0 Å². The quantitative estimate of drug-likeness (QED) is 0.518. The van der Waals surface area contributed by atoms with Gasteiger partial charge in [0, 0.05) is 36.9 Å². The number of nitrogens with zero attached hydrogens (tertiary/aromatic N) is 2. The Bertz CT molecular complexity index is 1280. The molecule has 0 saturated carbocycles. The van der Waals surface area contributed by atoms with Gasteiger partial charge in [-0.3, -0.25) is 4.79 Å². The highest BCUT2D eigenvalue weighted by Gasteiger charge is 2.28. The standard InChI is InChI=1S/C24H25N3O6S/c1-18-7-8-20(16-22(18)34(30,31)27-11-13-32-14-12-27)25-23(28)17-33-24(29)19-5-4-6-21(15-19)26-9-2-3-10-26/h2-10,15-16H,11-14,17H2,1H3,(H,25,28). The Morgan fingerprint density at radius 2 is 1.76 bits per heavy atom. The van der Waals surface area contributed by atoms with Crippen LogP contribution in [0.4, 0.5) is 5.69 Å². The van der Waals surface area contributed by atoms with Gasteiger partial charge in [0.25, 0.3) is 5.91 Å². The Morgan fingerprint density at radius 1 is 1.03 bits per heavy atom. The zero-order chi connectivity index (χ0) is 24.1. The summed E-state index contributed by atoms with van der Waals surface area (Å²) >= 11 is 0. The van der Waals surface area contributed by atoms with E-state index in [-0.39, 0.29) is 18.0 Å². The molecule has 1 aliphatic rings. The molecule has 3 aromatic rings. The number of esters is 1. The molecule has 34 heavy (non-hydrogen) atoms. The maximum absolute atomic E-state index is 13.0. The minimum absolute atomic E-state index is 0.117. The average molecular weight is 484 g/mol. The van der Waals surface area contributed by atoms with Gasteiger partial charge in [-0.2, -0.15) is 4.31 Å². The Morgan fingerprint density at radius 3 is 2.50 bits per heavy atom. The Balaban J connectivity index is 1.39. The minimum Gasteiger partial charge on any atom is -0.452 e. The second-order valence-corrected chi connectivity index (χ2v) is 9.67. The molecule has 0 unspecified atom stereocenters. The maximum Gasteiger partial charge on any atom is 0.338 e. The van der Waals surface area contributed by atoms with E-state index in [0.717, 1.165) is 5.69 Å². The average Bonchev–Trinajstić information content (AvgIpc) is 3.39. The van der Waals surface area contributed by atoms with Gasteiger partial charge < -0.3 is 19.4 Å². The van der Waals surface area contributed by atoms with Crippen molar-refractivity contribution in [2.24, 2.45) is 0 Å². The van der Waals surface area contributed by atoms with Crippen LogP contribution in [0.5, 0.6) is 0 Å². The molecule has 0 spiro atoms. The van der Waals surface area contributed by atoms with Gasteiger partial charge in [-0.1, -0.05) is 12.1 Å². The number of morpholine rings is 1. The van der Waals surface area contributed by atoms with E-state index in [0.29, 0.717) is 30.0 Å². The van der Waals surface area contributed by atoms with Crippen LogP contribution in [0.25, 0.3) is 5.69 Å². The summed E-state index contributed by atoms with van der Waals surface area (Å²) in [5.41, 5.74) is 1.97. The van der Waals surface area contributed by atoms with Gasteiger partial charge >= 0.3 is 5.97 Å². The van der Waals surface area contributed by atoms with Gasteiger partial charge in [0.05, 0.1) is 23.7 Å². The molecule has 1 saturated heterocycles. The number of carbonyl (C=O) groups excluding carboxylic acids is 2. The Labute approximate surface area is 197 Å². The number of carbonyl (C=O) groups is 2. The summed E-state index contributed by atoms with van der Waals surface area (Å²) in [4.78, 5) is 24.9. The Hall–Kier alpha value is -3.47. The van der Waals surface area contributed by atoms with E-state index in [4.69, 9.17) is 9.47 Å². The van der Waals surface area contributed by atoms with Crippen LogP contribution in [-0.4, -0.2) is 62.1 Å². The fourth-order valence-electron chi connectivity index (χ4n) is 3.59. The molecule has 0 atom stereocenters. The predicted molar refractivity (Wildman–Crippen MR) is 125 cm³/mol. The molecule has 0 aliphatic carbocycles. The molecular weight excluding hydrogens is 458 g/mol. The van der Waals surface area contributed by atoms with E-state index in [2.05, 4.69) is 5.32 Å². The molecule has 10 heteroatoms. The van der Waals surface area contributed by atoms with Crippen molar-refractivity contribution in [3.05, 3.63) is 78.1 Å². The zero-order valence-electron chi connectivity index (χ0n) is 18.6. The Kier molecular flexibility index (Phi) is 7.11. The fourth-order valence-corrected chi connectivity index (χ4v) is 5.25. The summed E-state index contributed by atoms with van der Waals surface area (Å²) in [6.07, 6.45) is 3.71. The molecule has 2 heterocycles. The molecule has 9 nitrogen and oxygen atoms in total. The topological polar surface area (TPSA) is 107 Å². The van der Waals surface area contributed by atoms with E-state index >= 15 is 0 Å². The van der Waals surface area contributed by atoms with Crippen molar-refractivity contribution in [2.45, 2.75) is 11.8 Å². The molecule has 0 radical (unpaired) electrons. The maximum atomic E-state index is 13.0. The number of aryl methyl sites for hydroxylation is 1. The minimum atomic E-state index is -3.72. The van der Waals surface area contributed by atoms with Gasteiger partial charge in [0.1, 0.15) is 0 Å². The third-order valence-corrected chi connectivity index (χ3v) is 7.42. The normalized spacial score (nSPS) is 14.5. The summed E-state index contributed by atoms with van der Waals surface area (Å²) < 4.78 is 39.6. The molecule has 1 N–H and O–H groups in total. The lowest BCUT2D eigenvalue weighted by atomic mass is 10.2. The molecule has 1 aliphatic heterocycles. The highest BCUT2D eigenvalue weighted by molar-refractivity contribution is 7.89. The summed E-state index contributed by atoms with van der Waals surface area (Å²) in [6.45, 7) is 2.43. The number of rotatable bonds is 7. The number of amides is 1. The van der Waals surface area contributed by atoms with E-state index in [9.17, 15) is 18.0 Å². The SMILES string of the molecule is Cc1ccc(NC(=O)COC(=O)c2cccc(-n3cccc3)c2)cc1S(=O)(=O)N1CCOCC1. The number of benzene rings is 2. The van der Waals surface area contributed by atoms with E-state index < -0.39 is 28.5 Å². The number of sulfonamides is 1. The molecule has 0 bridgehead atoms. The van der Waals surface area contributed by atoms with Crippen LogP contribution in [0.15, 0.2) is 71.9 Å². The highest BCUT2D eigenvalue weighted by Crippen LogP contribution is 2.24. The monoisotopic (exact) mass is 483 g/mol. The van der Waals surface area contributed by atoms with Crippen LogP contribution in [-0.2, 0) is 24.3 Å². The lowest BCUT2D eigenvalue weighted by Crippen LogP contribution is -2.40. The summed E-state index contributed by atoms with van der Waals surface area (Å²) in [5, 5.41) is 2.60.